The lowest BCUT2D eigenvalue weighted by atomic mass is 10.1. The van der Waals surface area contributed by atoms with Crippen molar-refractivity contribution in [3.05, 3.63) is 12.2 Å². The smallest absolute Gasteiger partial charge is 0.328 e. The van der Waals surface area contributed by atoms with Crippen LogP contribution in [-0.4, -0.2) is 33.2 Å². The van der Waals surface area contributed by atoms with Gasteiger partial charge in [-0.1, -0.05) is 58.3 Å². The lowest BCUT2D eigenvalue weighted by Crippen LogP contribution is -1.93. The Morgan fingerprint density at radius 1 is 0.682 bits per heavy atom. The van der Waals surface area contributed by atoms with Gasteiger partial charge in [-0.2, -0.15) is 0 Å². The summed E-state index contributed by atoms with van der Waals surface area (Å²) in [5.74, 6) is -3.17. The van der Waals surface area contributed by atoms with Crippen LogP contribution in [-0.2, 0) is 14.4 Å². The van der Waals surface area contributed by atoms with Gasteiger partial charge in [-0.3, -0.25) is 4.79 Å². The highest BCUT2D eigenvalue weighted by Gasteiger charge is 1.96. The van der Waals surface area contributed by atoms with Crippen LogP contribution in [0.3, 0.4) is 0 Å². The summed E-state index contributed by atoms with van der Waals surface area (Å²) in [5.41, 5.74) is 0. The van der Waals surface area contributed by atoms with Crippen molar-refractivity contribution in [2.45, 2.75) is 71.1 Å². The first kappa shape index (κ1) is 22.4. The molecule has 0 rings (SSSR count). The van der Waals surface area contributed by atoms with Crippen molar-refractivity contribution in [2.75, 3.05) is 0 Å². The monoisotopic (exact) mass is 316 g/mol. The first-order valence-electron chi connectivity index (χ1n) is 7.75. The van der Waals surface area contributed by atoms with Crippen molar-refractivity contribution in [3.63, 3.8) is 0 Å². The van der Waals surface area contributed by atoms with Crippen molar-refractivity contribution in [3.8, 4) is 0 Å². The lowest BCUT2D eigenvalue weighted by Gasteiger charge is -2.00. The predicted molar refractivity (Wildman–Crippen MR) is 83.9 cm³/mol. The second-order valence-electron chi connectivity index (χ2n) is 4.98. The van der Waals surface area contributed by atoms with E-state index in [4.69, 9.17) is 15.3 Å². The van der Waals surface area contributed by atoms with E-state index in [1.807, 2.05) is 0 Å². The summed E-state index contributed by atoms with van der Waals surface area (Å²) in [5, 5.41) is 24.0. The average Bonchev–Trinajstić information content (AvgIpc) is 2.44. The van der Waals surface area contributed by atoms with Crippen LogP contribution in [0.15, 0.2) is 12.2 Å². The lowest BCUT2D eigenvalue weighted by molar-refractivity contribution is -0.137. The molecule has 3 N–H and O–H groups in total. The van der Waals surface area contributed by atoms with Crippen molar-refractivity contribution < 1.29 is 29.7 Å². The number of hydrogen-bond acceptors (Lipinski definition) is 3. The summed E-state index contributed by atoms with van der Waals surface area (Å²) < 4.78 is 0. The SMILES string of the molecule is CCCCCCCCCCCC(=O)O.O=C(O)/C=C\C(=O)O. The third kappa shape index (κ3) is 26.7. The highest BCUT2D eigenvalue weighted by atomic mass is 16.4. The molecule has 0 unspecified atom stereocenters. The summed E-state index contributed by atoms with van der Waals surface area (Å²) in [6.07, 6.45) is 12.6. The fourth-order valence-corrected chi connectivity index (χ4v) is 1.73. The number of carboxylic acids is 3. The van der Waals surface area contributed by atoms with E-state index in [9.17, 15) is 14.4 Å². The van der Waals surface area contributed by atoms with Crippen LogP contribution >= 0.6 is 0 Å². The van der Waals surface area contributed by atoms with E-state index >= 15 is 0 Å². The zero-order valence-corrected chi connectivity index (χ0v) is 13.3. The largest absolute Gasteiger partial charge is 0.481 e. The number of rotatable bonds is 12. The molecule has 0 aromatic carbocycles. The molecule has 0 fully saturated rings. The molecule has 6 heteroatoms. The Balaban J connectivity index is 0. The van der Waals surface area contributed by atoms with Crippen molar-refractivity contribution in [1.29, 1.82) is 0 Å². The van der Waals surface area contributed by atoms with E-state index in [1.165, 1.54) is 44.9 Å². The van der Waals surface area contributed by atoms with Gasteiger partial charge in [0.2, 0.25) is 0 Å². The Kier molecular flexibility index (Phi) is 17.5. The highest BCUT2D eigenvalue weighted by Crippen LogP contribution is 2.10. The number of aliphatic carboxylic acids is 3. The normalized spacial score (nSPS) is 10.0. The van der Waals surface area contributed by atoms with E-state index in [-0.39, 0.29) is 0 Å². The zero-order chi connectivity index (χ0) is 17.2. The maximum Gasteiger partial charge on any atom is 0.328 e. The van der Waals surface area contributed by atoms with Crippen LogP contribution in [0.25, 0.3) is 0 Å². The fraction of sp³-hybridized carbons (Fsp3) is 0.688. The topological polar surface area (TPSA) is 112 Å². The van der Waals surface area contributed by atoms with Gasteiger partial charge >= 0.3 is 17.9 Å². The summed E-state index contributed by atoms with van der Waals surface area (Å²) in [6, 6.07) is 0. The number of hydrogen-bond donors (Lipinski definition) is 3. The molecule has 0 aliphatic heterocycles. The molecule has 0 saturated heterocycles. The molecule has 0 aromatic heterocycles. The molecule has 128 valence electrons. The Morgan fingerprint density at radius 2 is 1.05 bits per heavy atom. The quantitative estimate of drug-likeness (QED) is 0.374. The molecule has 6 nitrogen and oxygen atoms in total. The Hall–Kier alpha value is -1.85. The third-order valence-corrected chi connectivity index (χ3v) is 2.86. The average molecular weight is 316 g/mol. The molecule has 0 heterocycles. The van der Waals surface area contributed by atoms with Gasteiger partial charge in [0.25, 0.3) is 0 Å². The number of carbonyl (C=O) groups is 3. The Morgan fingerprint density at radius 3 is 1.36 bits per heavy atom. The Bertz CT molecular complexity index is 320. The summed E-state index contributed by atoms with van der Waals surface area (Å²) in [4.78, 5) is 29.3. The molecule has 0 aliphatic carbocycles. The van der Waals surface area contributed by atoms with Crippen molar-refractivity contribution in [1.82, 2.24) is 0 Å². The minimum Gasteiger partial charge on any atom is -0.481 e. The van der Waals surface area contributed by atoms with Gasteiger partial charge in [-0.15, -0.1) is 0 Å². The predicted octanol–water partition coefficient (Wildman–Crippen LogP) is 3.70. The summed E-state index contributed by atoms with van der Waals surface area (Å²) in [6.45, 7) is 2.23. The van der Waals surface area contributed by atoms with E-state index in [0.29, 0.717) is 18.6 Å². The minimum atomic E-state index is -1.26. The molecule has 0 bridgehead atoms. The van der Waals surface area contributed by atoms with Gasteiger partial charge in [0, 0.05) is 18.6 Å². The van der Waals surface area contributed by atoms with Gasteiger partial charge in [-0.05, 0) is 6.42 Å². The van der Waals surface area contributed by atoms with Gasteiger partial charge < -0.3 is 15.3 Å². The minimum absolute atomic E-state index is 0.343. The van der Waals surface area contributed by atoms with Crippen molar-refractivity contribution in [2.24, 2.45) is 0 Å². The fourth-order valence-electron chi connectivity index (χ4n) is 1.73. The molecule has 0 radical (unpaired) electrons. The molecule has 0 atom stereocenters. The van der Waals surface area contributed by atoms with Crippen LogP contribution in [0.5, 0.6) is 0 Å². The van der Waals surface area contributed by atoms with E-state index < -0.39 is 17.9 Å². The van der Waals surface area contributed by atoms with Gasteiger partial charge in [0.1, 0.15) is 0 Å². The standard InChI is InChI=1S/C12H24O2.C4H4O4/c1-2-3-4-5-6-7-8-9-10-11-12(13)14;5-3(6)1-2-4(7)8/h2-11H2,1H3,(H,13,14);1-2H,(H,5,6)(H,7,8)/b;2-1-. The summed E-state index contributed by atoms with van der Waals surface area (Å²) in [7, 11) is 0. The van der Waals surface area contributed by atoms with E-state index in [0.717, 1.165) is 12.8 Å². The van der Waals surface area contributed by atoms with E-state index in [2.05, 4.69) is 6.92 Å². The van der Waals surface area contributed by atoms with Crippen LogP contribution < -0.4 is 0 Å². The molecule has 0 saturated carbocycles. The molecule has 0 aliphatic rings. The molecule has 0 spiro atoms. The number of carboxylic acid groups (broad SMARTS) is 3. The molecule has 0 amide bonds. The first-order chi connectivity index (χ1) is 10.4. The summed E-state index contributed by atoms with van der Waals surface area (Å²) >= 11 is 0. The second kappa shape index (κ2) is 17.2. The third-order valence-electron chi connectivity index (χ3n) is 2.86. The van der Waals surface area contributed by atoms with Gasteiger partial charge in [0.15, 0.2) is 0 Å². The molecular formula is C16H28O6. The van der Waals surface area contributed by atoms with E-state index in [1.54, 1.807) is 0 Å². The second-order valence-corrected chi connectivity index (χ2v) is 4.98. The maximum absolute atomic E-state index is 10.2. The Labute approximate surface area is 131 Å². The van der Waals surface area contributed by atoms with Crippen LogP contribution in [0, 0.1) is 0 Å². The van der Waals surface area contributed by atoms with Gasteiger partial charge in [0.05, 0.1) is 0 Å². The first-order valence-corrected chi connectivity index (χ1v) is 7.75. The number of unbranched alkanes of at least 4 members (excludes halogenated alkanes) is 8. The zero-order valence-electron chi connectivity index (χ0n) is 13.3. The molecular weight excluding hydrogens is 288 g/mol. The highest BCUT2D eigenvalue weighted by molar-refractivity contribution is 5.89. The molecule has 0 aromatic rings. The van der Waals surface area contributed by atoms with Crippen LogP contribution in [0.2, 0.25) is 0 Å². The van der Waals surface area contributed by atoms with Gasteiger partial charge in [-0.25, -0.2) is 9.59 Å². The molecule has 22 heavy (non-hydrogen) atoms. The van der Waals surface area contributed by atoms with Crippen LogP contribution in [0.1, 0.15) is 71.1 Å². The van der Waals surface area contributed by atoms with Crippen molar-refractivity contribution >= 4 is 17.9 Å². The van der Waals surface area contributed by atoms with Crippen LogP contribution in [0.4, 0.5) is 0 Å². The maximum atomic E-state index is 10.2.